The van der Waals surface area contributed by atoms with Crippen LogP contribution in [-0.2, 0) is 9.53 Å². The van der Waals surface area contributed by atoms with Crippen molar-refractivity contribution < 1.29 is 19.0 Å². The summed E-state index contributed by atoms with van der Waals surface area (Å²) in [5.41, 5.74) is 3.35. The fourth-order valence-corrected chi connectivity index (χ4v) is 2.32. The molecule has 2 rings (SSSR count). The minimum atomic E-state index is -0.144. The van der Waals surface area contributed by atoms with Gasteiger partial charge in [0.05, 0.1) is 32.6 Å². The van der Waals surface area contributed by atoms with E-state index in [4.69, 9.17) is 14.2 Å². The quantitative estimate of drug-likeness (QED) is 0.416. The molecular weight excluding hydrogens is 322 g/mol. The Morgan fingerprint density at radius 2 is 2.16 bits per heavy atom. The number of carbonyl (C=O) groups is 1. The predicted octanol–water partition coefficient (Wildman–Crippen LogP) is 1.43. The number of nitrogens with one attached hydrogen (secondary N) is 1. The molecule has 7 heteroatoms. The third kappa shape index (κ3) is 6.56. The summed E-state index contributed by atoms with van der Waals surface area (Å²) in [5.74, 6) is 1.14. The average molecular weight is 347 g/mol. The van der Waals surface area contributed by atoms with Crippen LogP contribution in [-0.4, -0.2) is 63.1 Å². The van der Waals surface area contributed by atoms with E-state index in [0.29, 0.717) is 44.5 Å². The number of nitrogens with zero attached hydrogens (tertiary/aromatic N) is 2. The van der Waals surface area contributed by atoms with Gasteiger partial charge in [-0.25, -0.2) is 5.43 Å². The van der Waals surface area contributed by atoms with Crippen molar-refractivity contribution in [1.82, 2.24) is 10.3 Å². The van der Waals surface area contributed by atoms with Crippen LogP contribution in [0.5, 0.6) is 11.5 Å². The van der Waals surface area contributed by atoms with E-state index in [9.17, 15) is 4.79 Å². The second-order valence-corrected chi connectivity index (χ2v) is 5.42. The highest BCUT2D eigenvalue weighted by Crippen LogP contribution is 2.28. The van der Waals surface area contributed by atoms with Gasteiger partial charge in [-0.05, 0) is 30.7 Å². The molecular formula is C18H25N3O4. The lowest BCUT2D eigenvalue weighted by atomic mass is 10.2. The number of hydrazone groups is 1. The molecule has 1 amide bonds. The molecule has 25 heavy (non-hydrogen) atoms. The van der Waals surface area contributed by atoms with Gasteiger partial charge in [-0.1, -0.05) is 12.7 Å². The molecule has 1 aromatic rings. The highest BCUT2D eigenvalue weighted by molar-refractivity contribution is 5.83. The molecule has 0 aliphatic carbocycles. The summed E-state index contributed by atoms with van der Waals surface area (Å²) >= 11 is 0. The van der Waals surface area contributed by atoms with E-state index < -0.39 is 0 Å². The lowest BCUT2D eigenvalue weighted by Gasteiger charge is -2.25. The summed E-state index contributed by atoms with van der Waals surface area (Å²) < 4.78 is 16.4. The summed E-state index contributed by atoms with van der Waals surface area (Å²) in [4.78, 5) is 13.9. The number of morpholine rings is 1. The smallest absolute Gasteiger partial charge is 0.254 e. The van der Waals surface area contributed by atoms with Gasteiger partial charge in [0.2, 0.25) is 0 Å². The van der Waals surface area contributed by atoms with Crippen LogP contribution in [0.25, 0.3) is 0 Å². The van der Waals surface area contributed by atoms with Crippen molar-refractivity contribution in [3.63, 3.8) is 0 Å². The fourth-order valence-electron chi connectivity index (χ4n) is 2.32. The van der Waals surface area contributed by atoms with E-state index in [1.807, 2.05) is 30.0 Å². The van der Waals surface area contributed by atoms with Crippen molar-refractivity contribution in [2.24, 2.45) is 5.10 Å². The Kier molecular flexibility index (Phi) is 7.94. The number of hydrogen-bond donors (Lipinski definition) is 1. The minimum absolute atomic E-state index is 0.144. The Morgan fingerprint density at radius 3 is 2.88 bits per heavy atom. The lowest BCUT2D eigenvalue weighted by Crippen LogP contribution is -2.42. The van der Waals surface area contributed by atoms with Crippen molar-refractivity contribution >= 4 is 12.1 Å². The highest BCUT2D eigenvalue weighted by Gasteiger charge is 2.13. The Hall–Kier alpha value is -2.38. The van der Waals surface area contributed by atoms with Crippen molar-refractivity contribution in [2.45, 2.75) is 6.92 Å². The minimum Gasteiger partial charge on any atom is -0.490 e. The molecule has 136 valence electrons. The summed E-state index contributed by atoms with van der Waals surface area (Å²) in [7, 11) is 0. The van der Waals surface area contributed by atoms with Crippen molar-refractivity contribution in [3.8, 4) is 11.5 Å². The van der Waals surface area contributed by atoms with Crippen molar-refractivity contribution in [2.75, 3.05) is 46.1 Å². The number of amides is 1. The zero-order valence-electron chi connectivity index (χ0n) is 14.6. The van der Waals surface area contributed by atoms with E-state index in [1.54, 1.807) is 12.3 Å². The van der Waals surface area contributed by atoms with Crippen LogP contribution < -0.4 is 14.9 Å². The number of ether oxygens (including phenoxy) is 3. The molecule has 1 saturated heterocycles. The van der Waals surface area contributed by atoms with Gasteiger partial charge in [-0.3, -0.25) is 9.69 Å². The van der Waals surface area contributed by atoms with Gasteiger partial charge in [0.15, 0.2) is 11.5 Å². The molecule has 0 aromatic heterocycles. The second kappa shape index (κ2) is 10.5. The van der Waals surface area contributed by atoms with Crippen LogP contribution in [0.1, 0.15) is 12.5 Å². The van der Waals surface area contributed by atoms with Crippen LogP contribution >= 0.6 is 0 Å². The second-order valence-electron chi connectivity index (χ2n) is 5.42. The zero-order valence-corrected chi connectivity index (χ0v) is 14.6. The Morgan fingerprint density at radius 1 is 1.36 bits per heavy atom. The highest BCUT2D eigenvalue weighted by atomic mass is 16.5. The Balaban J connectivity index is 1.89. The van der Waals surface area contributed by atoms with Crippen LogP contribution in [0.4, 0.5) is 0 Å². The fraction of sp³-hybridized carbons (Fsp3) is 0.444. The Bertz CT molecular complexity index is 598. The maximum atomic E-state index is 11.9. The van der Waals surface area contributed by atoms with Gasteiger partial charge >= 0.3 is 0 Å². The first-order valence-electron chi connectivity index (χ1n) is 8.35. The van der Waals surface area contributed by atoms with Gasteiger partial charge in [-0.15, -0.1) is 0 Å². The zero-order chi connectivity index (χ0) is 17.9. The molecule has 7 nitrogen and oxygen atoms in total. The molecule has 0 radical (unpaired) electrons. The van der Waals surface area contributed by atoms with E-state index in [0.717, 1.165) is 18.7 Å². The first-order valence-corrected chi connectivity index (χ1v) is 8.35. The van der Waals surface area contributed by atoms with Crippen LogP contribution in [0.3, 0.4) is 0 Å². The Labute approximate surface area is 148 Å². The summed E-state index contributed by atoms with van der Waals surface area (Å²) in [6.07, 6.45) is 3.26. The van der Waals surface area contributed by atoms with Gasteiger partial charge in [0, 0.05) is 13.1 Å². The van der Waals surface area contributed by atoms with Crippen LogP contribution in [0.2, 0.25) is 0 Å². The van der Waals surface area contributed by atoms with E-state index >= 15 is 0 Å². The molecule has 0 atom stereocenters. The first kappa shape index (κ1) is 19.0. The molecule has 1 fully saturated rings. The van der Waals surface area contributed by atoms with E-state index in [-0.39, 0.29) is 5.91 Å². The first-order chi connectivity index (χ1) is 12.2. The number of hydrogen-bond acceptors (Lipinski definition) is 6. The molecule has 0 bridgehead atoms. The number of benzene rings is 1. The van der Waals surface area contributed by atoms with E-state index in [2.05, 4.69) is 17.1 Å². The molecule has 1 N–H and O–H groups in total. The summed E-state index contributed by atoms with van der Waals surface area (Å²) in [6, 6.07) is 5.48. The van der Waals surface area contributed by atoms with Gasteiger partial charge in [-0.2, -0.15) is 5.10 Å². The maximum absolute atomic E-state index is 11.9. The van der Waals surface area contributed by atoms with Gasteiger partial charge in [0.1, 0.15) is 6.61 Å². The van der Waals surface area contributed by atoms with Gasteiger partial charge in [0.25, 0.3) is 5.91 Å². The van der Waals surface area contributed by atoms with Gasteiger partial charge < -0.3 is 14.2 Å². The molecule has 0 spiro atoms. The molecule has 0 unspecified atom stereocenters. The molecule has 1 heterocycles. The lowest BCUT2D eigenvalue weighted by molar-refractivity contribution is -0.123. The number of carbonyl (C=O) groups excluding carboxylic acids is 1. The molecule has 1 aromatic carbocycles. The topological polar surface area (TPSA) is 72.4 Å². The number of rotatable bonds is 9. The normalized spacial score (nSPS) is 15.1. The largest absolute Gasteiger partial charge is 0.490 e. The maximum Gasteiger partial charge on any atom is 0.254 e. The van der Waals surface area contributed by atoms with Crippen LogP contribution in [0, 0.1) is 0 Å². The average Bonchev–Trinajstić information content (AvgIpc) is 2.62. The standard InChI is InChI=1S/C18H25N3O4/c1-3-9-25-16-6-5-15(12-17(16)24-4-2)13-19-20-18(22)14-21-7-10-23-11-8-21/h3,5-6,12-13H,1,4,7-11,14H2,2H3,(H,20,22)/b19-13-. The predicted molar refractivity (Wildman–Crippen MR) is 96.3 cm³/mol. The van der Waals surface area contributed by atoms with Crippen molar-refractivity contribution in [1.29, 1.82) is 0 Å². The SMILES string of the molecule is C=CCOc1ccc(/C=N\NC(=O)CN2CCOCC2)cc1OCC. The van der Waals surface area contributed by atoms with E-state index in [1.165, 1.54) is 0 Å². The molecule has 1 aliphatic rings. The third-order valence-electron chi connectivity index (χ3n) is 3.50. The third-order valence-corrected chi connectivity index (χ3v) is 3.50. The van der Waals surface area contributed by atoms with Crippen molar-refractivity contribution in [3.05, 3.63) is 36.4 Å². The molecule has 1 aliphatic heterocycles. The van der Waals surface area contributed by atoms with Crippen LogP contribution in [0.15, 0.2) is 36.0 Å². The monoisotopic (exact) mass is 347 g/mol. The summed E-state index contributed by atoms with van der Waals surface area (Å²) in [5, 5.41) is 4.01. The summed E-state index contributed by atoms with van der Waals surface area (Å²) in [6.45, 7) is 9.65. The molecule has 0 saturated carbocycles.